The average Bonchev–Trinajstić information content (AvgIpc) is 3.54. The van der Waals surface area contributed by atoms with Crippen LogP contribution in [-0.2, 0) is 11.8 Å². The fraction of sp³-hybridized carbons (Fsp3) is 0.500. The highest BCUT2D eigenvalue weighted by Crippen LogP contribution is 2.66. The minimum Gasteiger partial charge on any atom is -0.504 e. The minimum atomic E-state index is -1.04. The molecule has 3 fully saturated rings. The number of ether oxygens (including phenoxy) is 1. The number of imide groups is 1. The first-order valence-corrected chi connectivity index (χ1v) is 12.9. The maximum Gasteiger partial charge on any atom is 0.261 e. The van der Waals surface area contributed by atoms with Crippen LogP contribution in [0.5, 0.6) is 11.5 Å². The highest BCUT2D eigenvalue weighted by Gasteiger charge is 2.74. The molecule has 8 rings (SSSR count). The zero-order chi connectivity index (χ0) is 23.7. The number of rotatable bonds is 3. The van der Waals surface area contributed by atoms with E-state index in [0.29, 0.717) is 36.1 Å². The number of amides is 2. The molecule has 3 heterocycles. The zero-order valence-electron chi connectivity index (χ0n) is 19.4. The molecule has 1 spiro atoms. The van der Waals surface area contributed by atoms with E-state index in [1.54, 1.807) is 30.3 Å². The summed E-state index contributed by atoms with van der Waals surface area (Å²) in [4.78, 5) is 30.8. The largest absolute Gasteiger partial charge is 0.504 e. The summed E-state index contributed by atoms with van der Waals surface area (Å²) in [5.74, 6) is 0.632. The van der Waals surface area contributed by atoms with Crippen LogP contribution in [0, 0.1) is 5.92 Å². The number of carbonyl (C=O) groups is 2. The number of carbonyl (C=O) groups excluding carboxylic acids is 2. The Hall–Kier alpha value is -2.90. The van der Waals surface area contributed by atoms with Crippen LogP contribution in [0.25, 0.3) is 0 Å². The Morgan fingerprint density at radius 3 is 2.46 bits per heavy atom. The van der Waals surface area contributed by atoms with E-state index >= 15 is 0 Å². The lowest BCUT2D eigenvalue weighted by molar-refractivity contribution is -0.196. The summed E-state index contributed by atoms with van der Waals surface area (Å²) in [6.07, 6.45) is 4.31. The predicted molar refractivity (Wildman–Crippen MR) is 126 cm³/mol. The van der Waals surface area contributed by atoms with Crippen molar-refractivity contribution >= 4 is 11.8 Å². The second-order valence-corrected chi connectivity index (χ2v) is 11.4. The van der Waals surface area contributed by atoms with Crippen LogP contribution in [-0.4, -0.2) is 68.7 Å². The van der Waals surface area contributed by atoms with Crippen LogP contribution in [0.3, 0.4) is 0 Å². The molecule has 3 aliphatic heterocycles. The van der Waals surface area contributed by atoms with Gasteiger partial charge in [0, 0.05) is 18.2 Å². The quantitative estimate of drug-likeness (QED) is 0.668. The van der Waals surface area contributed by atoms with E-state index in [2.05, 4.69) is 4.90 Å². The fourth-order valence-corrected chi connectivity index (χ4v) is 8.23. The molecule has 35 heavy (non-hydrogen) atoms. The van der Waals surface area contributed by atoms with Gasteiger partial charge in [-0.2, -0.15) is 0 Å². The van der Waals surface area contributed by atoms with Gasteiger partial charge in [-0.15, -0.1) is 0 Å². The van der Waals surface area contributed by atoms with Crippen LogP contribution in [0.4, 0.5) is 0 Å². The number of benzene rings is 2. The summed E-state index contributed by atoms with van der Waals surface area (Å²) >= 11 is 0. The van der Waals surface area contributed by atoms with E-state index < -0.39 is 23.2 Å². The number of phenols is 1. The molecule has 5 atom stereocenters. The monoisotopic (exact) mass is 472 g/mol. The van der Waals surface area contributed by atoms with Gasteiger partial charge < -0.3 is 14.9 Å². The second kappa shape index (κ2) is 6.45. The average molecular weight is 473 g/mol. The van der Waals surface area contributed by atoms with Crippen molar-refractivity contribution in [1.29, 1.82) is 0 Å². The van der Waals surface area contributed by atoms with Gasteiger partial charge in [-0.25, -0.2) is 0 Å². The third-order valence-electron chi connectivity index (χ3n) is 9.89. The molecular formula is C28H28N2O5. The molecule has 1 unspecified atom stereocenters. The lowest BCUT2D eigenvalue weighted by Crippen LogP contribution is -2.78. The Labute approximate surface area is 203 Å². The van der Waals surface area contributed by atoms with Gasteiger partial charge in [-0.05, 0) is 74.8 Å². The summed E-state index contributed by atoms with van der Waals surface area (Å²) in [5.41, 5.74) is 1.09. The molecule has 7 nitrogen and oxygen atoms in total. The highest BCUT2D eigenvalue weighted by molar-refractivity contribution is 6.21. The van der Waals surface area contributed by atoms with Crippen molar-refractivity contribution in [2.45, 2.75) is 67.7 Å². The van der Waals surface area contributed by atoms with E-state index in [9.17, 15) is 19.8 Å². The lowest BCUT2D eigenvalue weighted by Gasteiger charge is -2.64. The van der Waals surface area contributed by atoms with Crippen LogP contribution in [0.1, 0.15) is 63.9 Å². The molecule has 2 saturated carbocycles. The van der Waals surface area contributed by atoms with Crippen molar-refractivity contribution in [2.75, 3.05) is 13.1 Å². The van der Waals surface area contributed by atoms with Gasteiger partial charge in [-0.3, -0.25) is 19.4 Å². The van der Waals surface area contributed by atoms with Gasteiger partial charge in [0.15, 0.2) is 11.5 Å². The van der Waals surface area contributed by atoms with Crippen molar-refractivity contribution in [2.24, 2.45) is 5.92 Å². The first kappa shape index (κ1) is 20.3. The normalized spacial score (nSPS) is 36.7. The van der Waals surface area contributed by atoms with Gasteiger partial charge >= 0.3 is 0 Å². The number of fused-ring (bicyclic) bond motifs is 1. The maximum absolute atomic E-state index is 13.5. The van der Waals surface area contributed by atoms with Gasteiger partial charge in [0.2, 0.25) is 0 Å². The Morgan fingerprint density at radius 2 is 1.74 bits per heavy atom. The number of aliphatic hydroxyl groups is 1. The maximum atomic E-state index is 13.5. The minimum absolute atomic E-state index is 0.0333. The first-order valence-electron chi connectivity index (χ1n) is 12.9. The van der Waals surface area contributed by atoms with Crippen molar-refractivity contribution in [1.82, 2.24) is 9.80 Å². The van der Waals surface area contributed by atoms with Crippen LogP contribution in [0.15, 0.2) is 36.4 Å². The Bertz CT molecular complexity index is 1290. The molecule has 2 aromatic rings. The van der Waals surface area contributed by atoms with Gasteiger partial charge in [0.1, 0.15) is 6.10 Å². The third kappa shape index (κ3) is 2.30. The molecular weight excluding hydrogens is 444 g/mol. The molecule has 0 aromatic heterocycles. The zero-order valence-corrected chi connectivity index (χ0v) is 19.4. The third-order valence-corrected chi connectivity index (χ3v) is 9.89. The van der Waals surface area contributed by atoms with E-state index in [1.165, 1.54) is 17.7 Å². The fourth-order valence-electron chi connectivity index (χ4n) is 8.23. The number of hydrogen-bond donors (Lipinski definition) is 2. The van der Waals surface area contributed by atoms with Gasteiger partial charge in [0.05, 0.1) is 28.2 Å². The summed E-state index contributed by atoms with van der Waals surface area (Å²) < 4.78 is 6.55. The SMILES string of the molecule is O=C1c2ccccc2C(=O)N1[C@@H]1CCC2(O)[C@H]3Cc4ccc(O)c5c4[C@@]2(CCN3CC2CC2)[C@H]1O5. The standard InChI is InChI=1S/C28H28N2O5/c31-20-8-7-16-13-21-28(34)10-9-19(30-25(32)17-3-1-2-4-18(17)26(30)33)24-27(28,22(16)23(20)35-24)11-12-29(21)14-15-5-6-15/h1-4,7-8,15,19,21,24,31,34H,5-6,9-14H2/t19-,21-,24+,27+,28?/m1/s1. The van der Waals surface area contributed by atoms with Crippen molar-refractivity contribution in [3.05, 3.63) is 58.7 Å². The number of aromatic hydroxyl groups is 1. The molecule has 2 amide bonds. The van der Waals surface area contributed by atoms with Gasteiger partial charge in [-0.1, -0.05) is 18.2 Å². The molecule has 0 radical (unpaired) electrons. The molecule has 1 saturated heterocycles. The molecule has 7 heteroatoms. The van der Waals surface area contributed by atoms with Gasteiger partial charge in [0.25, 0.3) is 11.8 Å². The molecule has 180 valence electrons. The van der Waals surface area contributed by atoms with E-state index in [-0.39, 0.29) is 23.6 Å². The Balaban J connectivity index is 1.28. The molecule has 3 aliphatic carbocycles. The van der Waals surface area contributed by atoms with Crippen LogP contribution < -0.4 is 4.74 Å². The number of phenolic OH excluding ortho intramolecular Hbond substituents is 1. The Morgan fingerprint density at radius 1 is 1.00 bits per heavy atom. The number of nitrogens with zero attached hydrogens (tertiary/aromatic N) is 2. The topological polar surface area (TPSA) is 90.3 Å². The van der Waals surface area contributed by atoms with E-state index in [4.69, 9.17) is 4.74 Å². The van der Waals surface area contributed by atoms with E-state index in [1.807, 2.05) is 6.07 Å². The summed E-state index contributed by atoms with van der Waals surface area (Å²) in [7, 11) is 0. The molecule has 6 aliphatic rings. The number of likely N-dealkylation sites (tertiary alicyclic amines) is 1. The molecule has 2 N–H and O–H groups in total. The second-order valence-electron chi connectivity index (χ2n) is 11.4. The highest BCUT2D eigenvalue weighted by atomic mass is 16.5. The number of piperidine rings is 1. The smallest absolute Gasteiger partial charge is 0.261 e. The van der Waals surface area contributed by atoms with E-state index in [0.717, 1.165) is 36.6 Å². The van der Waals surface area contributed by atoms with Crippen molar-refractivity contribution in [3.8, 4) is 11.5 Å². The predicted octanol–water partition coefficient (Wildman–Crippen LogP) is 2.62. The van der Waals surface area contributed by atoms with Crippen LogP contribution >= 0.6 is 0 Å². The summed E-state index contributed by atoms with van der Waals surface area (Å²) in [6.45, 7) is 1.85. The lowest BCUT2D eigenvalue weighted by atomic mass is 9.48. The number of hydrogen-bond acceptors (Lipinski definition) is 6. The molecule has 2 aromatic carbocycles. The summed E-state index contributed by atoms with van der Waals surface area (Å²) in [5, 5.41) is 23.4. The van der Waals surface area contributed by atoms with Crippen LogP contribution in [0.2, 0.25) is 0 Å². The summed E-state index contributed by atoms with van der Waals surface area (Å²) in [6, 6.07) is 10.1. The van der Waals surface area contributed by atoms with Crippen molar-refractivity contribution < 1.29 is 24.5 Å². The first-order chi connectivity index (χ1) is 16.9. The Kier molecular flexibility index (Phi) is 3.74. The molecule has 2 bridgehead atoms. The van der Waals surface area contributed by atoms with Crippen molar-refractivity contribution in [3.63, 3.8) is 0 Å².